The van der Waals surface area contributed by atoms with Crippen LogP contribution in [-0.4, -0.2) is 29.7 Å². The number of nitrogens with one attached hydrogen (secondary N) is 2. The average Bonchev–Trinajstić information content (AvgIpc) is 2.82. The van der Waals surface area contributed by atoms with Gasteiger partial charge in [0.2, 0.25) is 0 Å². The molecule has 0 fully saturated rings. The zero-order valence-electron chi connectivity index (χ0n) is 11.9. The third kappa shape index (κ3) is 4.64. The van der Waals surface area contributed by atoms with Gasteiger partial charge < -0.3 is 15.4 Å². The number of benzene rings is 1. The van der Waals surface area contributed by atoms with Crippen LogP contribution in [0.25, 0.3) is 10.2 Å². The predicted octanol–water partition coefficient (Wildman–Crippen LogP) is 2.84. The Hall–Kier alpha value is -1.73. The molecule has 2 N–H and O–H groups in total. The highest BCUT2D eigenvalue weighted by atomic mass is 32.1. The molecule has 0 aliphatic carbocycles. The minimum atomic E-state index is -0.207. The van der Waals surface area contributed by atoms with Crippen LogP contribution in [0.2, 0.25) is 0 Å². The van der Waals surface area contributed by atoms with E-state index in [9.17, 15) is 4.79 Å². The van der Waals surface area contributed by atoms with Gasteiger partial charge in [-0.3, -0.25) is 4.79 Å². The molecule has 0 spiro atoms. The fourth-order valence-corrected chi connectivity index (χ4v) is 2.92. The molecule has 21 heavy (non-hydrogen) atoms. The van der Waals surface area contributed by atoms with E-state index in [0.717, 1.165) is 20.9 Å². The summed E-state index contributed by atoms with van der Waals surface area (Å²) in [5.41, 5.74) is 1.93. The van der Waals surface area contributed by atoms with E-state index in [-0.39, 0.29) is 5.97 Å². The summed E-state index contributed by atoms with van der Waals surface area (Å²) in [4.78, 5) is 15.4. The lowest BCUT2D eigenvalue weighted by molar-refractivity contribution is -0.140. The molecule has 0 aliphatic heterocycles. The molecule has 112 valence electrons. The number of hydrogen-bond acceptors (Lipinski definition) is 5. The number of methoxy groups -OCH3 is 1. The van der Waals surface area contributed by atoms with Gasteiger partial charge in [0.15, 0.2) is 5.11 Å². The van der Waals surface area contributed by atoms with Crippen LogP contribution in [0.3, 0.4) is 0 Å². The lowest BCUT2D eigenvalue weighted by atomic mass is 10.3. The summed E-state index contributed by atoms with van der Waals surface area (Å²) in [6.07, 6.45) is 1.07. The largest absolute Gasteiger partial charge is 0.469 e. The maximum absolute atomic E-state index is 11.0. The Kier molecular flexibility index (Phi) is 5.46. The van der Waals surface area contributed by atoms with E-state index in [2.05, 4.69) is 20.4 Å². The van der Waals surface area contributed by atoms with Crippen LogP contribution in [0.4, 0.5) is 5.69 Å². The van der Waals surface area contributed by atoms with Gasteiger partial charge in [-0.25, -0.2) is 4.98 Å². The summed E-state index contributed by atoms with van der Waals surface area (Å²) in [5.74, 6) is -0.207. The van der Waals surface area contributed by atoms with E-state index in [1.54, 1.807) is 11.3 Å². The van der Waals surface area contributed by atoms with E-state index < -0.39 is 0 Å². The SMILES string of the molecule is COC(=O)CCCNC(=S)Nc1ccc2nc(C)sc2c1. The Labute approximate surface area is 132 Å². The number of aryl methyl sites for hydroxylation is 1. The number of ether oxygens (including phenoxy) is 1. The van der Waals surface area contributed by atoms with Crippen LogP contribution in [0.5, 0.6) is 0 Å². The molecule has 1 heterocycles. The molecule has 0 bridgehead atoms. The quantitative estimate of drug-likeness (QED) is 0.501. The first-order valence-electron chi connectivity index (χ1n) is 6.57. The van der Waals surface area contributed by atoms with Gasteiger partial charge >= 0.3 is 5.97 Å². The molecule has 1 aromatic carbocycles. The van der Waals surface area contributed by atoms with Gasteiger partial charge in [0, 0.05) is 18.7 Å². The van der Waals surface area contributed by atoms with Crippen molar-refractivity contribution in [1.29, 1.82) is 0 Å². The second-order valence-corrected chi connectivity index (χ2v) is 6.12. The minimum absolute atomic E-state index is 0.207. The second kappa shape index (κ2) is 7.33. The molecule has 0 saturated heterocycles. The highest BCUT2D eigenvalue weighted by Crippen LogP contribution is 2.24. The van der Waals surface area contributed by atoms with Gasteiger partial charge in [0.25, 0.3) is 0 Å². The van der Waals surface area contributed by atoms with E-state index in [0.29, 0.717) is 24.5 Å². The van der Waals surface area contributed by atoms with Crippen LogP contribution in [0.15, 0.2) is 18.2 Å². The van der Waals surface area contributed by atoms with Crippen molar-refractivity contribution < 1.29 is 9.53 Å². The zero-order chi connectivity index (χ0) is 15.2. The smallest absolute Gasteiger partial charge is 0.305 e. The van der Waals surface area contributed by atoms with Crippen molar-refractivity contribution in [1.82, 2.24) is 10.3 Å². The number of carbonyl (C=O) groups excluding carboxylic acids is 1. The predicted molar refractivity (Wildman–Crippen MR) is 89.8 cm³/mol. The molecule has 0 amide bonds. The summed E-state index contributed by atoms with van der Waals surface area (Å²) in [6, 6.07) is 5.95. The highest BCUT2D eigenvalue weighted by Gasteiger charge is 2.04. The van der Waals surface area contributed by atoms with Crippen molar-refractivity contribution in [2.24, 2.45) is 0 Å². The Balaban J connectivity index is 1.82. The Bertz CT molecular complexity index is 655. The first-order chi connectivity index (χ1) is 10.1. The standard InChI is InChI=1S/C14H17N3O2S2/c1-9-16-11-6-5-10(8-12(11)21-9)17-14(20)15-7-3-4-13(18)19-2/h5-6,8H,3-4,7H2,1-2H3,(H2,15,17,20). The molecule has 0 atom stereocenters. The maximum atomic E-state index is 11.0. The molecular formula is C14H17N3O2S2. The van der Waals surface area contributed by atoms with Crippen LogP contribution >= 0.6 is 23.6 Å². The lowest BCUT2D eigenvalue weighted by Gasteiger charge is -2.10. The van der Waals surface area contributed by atoms with Crippen LogP contribution in [0.1, 0.15) is 17.8 Å². The molecule has 2 rings (SSSR count). The highest BCUT2D eigenvalue weighted by molar-refractivity contribution is 7.80. The average molecular weight is 323 g/mol. The summed E-state index contributed by atoms with van der Waals surface area (Å²) in [6.45, 7) is 2.62. The molecule has 0 radical (unpaired) electrons. The molecule has 1 aromatic heterocycles. The van der Waals surface area contributed by atoms with Gasteiger partial charge in [-0.15, -0.1) is 11.3 Å². The Morgan fingerprint density at radius 1 is 1.48 bits per heavy atom. The topological polar surface area (TPSA) is 63.2 Å². The number of fused-ring (bicyclic) bond motifs is 1. The summed E-state index contributed by atoms with van der Waals surface area (Å²) >= 11 is 6.88. The second-order valence-electron chi connectivity index (χ2n) is 4.48. The fraction of sp³-hybridized carbons (Fsp3) is 0.357. The van der Waals surface area contributed by atoms with Crippen molar-refractivity contribution >= 4 is 50.5 Å². The number of anilines is 1. The normalized spacial score (nSPS) is 10.4. The number of nitrogens with zero attached hydrogens (tertiary/aromatic N) is 1. The van der Waals surface area contributed by atoms with Gasteiger partial charge in [-0.2, -0.15) is 0 Å². The fourth-order valence-electron chi connectivity index (χ4n) is 1.83. The molecular weight excluding hydrogens is 306 g/mol. The number of thiazole rings is 1. The zero-order valence-corrected chi connectivity index (χ0v) is 13.6. The van der Waals surface area contributed by atoms with E-state index in [4.69, 9.17) is 12.2 Å². The van der Waals surface area contributed by atoms with Crippen molar-refractivity contribution in [3.05, 3.63) is 23.2 Å². The molecule has 0 unspecified atom stereocenters. The van der Waals surface area contributed by atoms with Crippen molar-refractivity contribution in [3.8, 4) is 0 Å². The summed E-state index contributed by atoms with van der Waals surface area (Å²) < 4.78 is 5.71. The molecule has 7 heteroatoms. The van der Waals surface area contributed by atoms with E-state index in [1.807, 2.05) is 25.1 Å². The van der Waals surface area contributed by atoms with Gasteiger partial charge in [0.1, 0.15) is 0 Å². The molecule has 2 aromatic rings. The van der Waals surface area contributed by atoms with E-state index >= 15 is 0 Å². The van der Waals surface area contributed by atoms with E-state index in [1.165, 1.54) is 7.11 Å². The number of aromatic nitrogens is 1. The summed E-state index contributed by atoms with van der Waals surface area (Å²) in [7, 11) is 1.39. The number of rotatable bonds is 5. The van der Waals surface area contributed by atoms with Crippen LogP contribution < -0.4 is 10.6 Å². The monoisotopic (exact) mass is 323 g/mol. The van der Waals surface area contributed by atoms with Crippen LogP contribution in [0, 0.1) is 6.92 Å². The van der Waals surface area contributed by atoms with Crippen molar-refractivity contribution in [2.75, 3.05) is 19.0 Å². The van der Waals surface area contributed by atoms with Gasteiger partial charge in [-0.1, -0.05) is 0 Å². The van der Waals surface area contributed by atoms with Crippen molar-refractivity contribution in [2.45, 2.75) is 19.8 Å². The van der Waals surface area contributed by atoms with Gasteiger partial charge in [0.05, 0.1) is 22.3 Å². The summed E-state index contributed by atoms with van der Waals surface area (Å²) in [5, 5.41) is 7.78. The first-order valence-corrected chi connectivity index (χ1v) is 7.80. The number of esters is 1. The minimum Gasteiger partial charge on any atom is -0.469 e. The van der Waals surface area contributed by atoms with Gasteiger partial charge in [-0.05, 0) is 43.8 Å². The molecule has 0 saturated carbocycles. The Morgan fingerprint density at radius 3 is 3.05 bits per heavy atom. The number of thiocarbonyl (C=S) groups is 1. The number of hydrogen-bond donors (Lipinski definition) is 2. The van der Waals surface area contributed by atoms with Crippen molar-refractivity contribution in [3.63, 3.8) is 0 Å². The lowest BCUT2D eigenvalue weighted by Crippen LogP contribution is -2.29. The third-order valence-electron chi connectivity index (χ3n) is 2.82. The first kappa shape index (κ1) is 15.7. The number of carbonyl (C=O) groups is 1. The molecule has 0 aliphatic rings. The maximum Gasteiger partial charge on any atom is 0.305 e. The van der Waals surface area contributed by atoms with Crippen LogP contribution in [-0.2, 0) is 9.53 Å². The third-order valence-corrected chi connectivity index (χ3v) is 4.00. The molecule has 5 nitrogen and oxygen atoms in total. The Morgan fingerprint density at radius 2 is 2.29 bits per heavy atom.